The summed E-state index contributed by atoms with van der Waals surface area (Å²) in [6.07, 6.45) is 7.77. The molecule has 9 nitrogen and oxygen atoms in total. The molecule has 4 aromatic heterocycles. The van der Waals surface area contributed by atoms with Gasteiger partial charge in [-0.05, 0) is 47.0 Å². The zero-order chi connectivity index (χ0) is 24.1. The van der Waals surface area contributed by atoms with E-state index in [9.17, 15) is 9.18 Å². The summed E-state index contributed by atoms with van der Waals surface area (Å²) < 4.78 is 17.4. The molecular formula is C25H21FN8O. The summed E-state index contributed by atoms with van der Waals surface area (Å²) in [5.74, 6) is -0.278. The lowest BCUT2D eigenvalue weighted by atomic mass is 9.98. The number of benzene rings is 1. The van der Waals surface area contributed by atoms with Gasteiger partial charge in [0.25, 0.3) is 5.91 Å². The Morgan fingerprint density at radius 1 is 1.06 bits per heavy atom. The van der Waals surface area contributed by atoms with Crippen LogP contribution in [0.15, 0.2) is 61.2 Å². The first-order valence-corrected chi connectivity index (χ1v) is 11.1. The molecule has 0 spiro atoms. The summed E-state index contributed by atoms with van der Waals surface area (Å²) in [5, 5.41) is 8.32. The molecule has 0 atom stereocenters. The number of halogens is 1. The molecule has 35 heavy (non-hydrogen) atoms. The predicted molar refractivity (Wildman–Crippen MR) is 128 cm³/mol. The van der Waals surface area contributed by atoms with Crippen LogP contribution in [-0.4, -0.2) is 46.7 Å². The average Bonchev–Trinajstić information content (AvgIpc) is 3.44. The monoisotopic (exact) mass is 468 g/mol. The van der Waals surface area contributed by atoms with Crippen molar-refractivity contribution < 1.29 is 9.18 Å². The molecule has 0 bridgehead atoms. The van der Waals surface area contributed by atoms with Crippen molar-refractivity contribution in [2.75, 3.05) is 12.3 Å². The van der Waals surface area contributed by atoms with Crippen LogP contribution in [0.3, 0.4) is 0 Å². The van der Waals surface area contributed by atoms with E-state index in [2.05, 4.69) is 20.2 Å². The van der Waals surface area contributed by atoms with E-state index in [1.54, 1.807) is 38.8 Å². The molecule has 0 saturated heterocycles. The van der Waals surface area contributed by atoms with Crippen LogP contribution in [0.2, 0.25) is 0 Å². The number of amides is 1. The van der Waals surface area contributed by atoms with Crippen LogP contribution in [-0.2, 0) is 20.0 Å². The first-order valence-electron chi connectivity index (χ1n) is 11.1. The van der Waals surface area contributed by atoms with Crippen LogP contribution in [0.25, 0.3) is 27.9 Å². The summed E-state index contributed by atoms with van der Waals surface area (Å²) in [6.45, 7) is 0.793. The summed E-state index contributed by atoms with van der Waals surface area (Å²) >= 11 is 0. The van der Waals surface area contributed by atoms with Gasteiger partial charge in [-0.3, -0.25) is 14.5 Å². The minimum absolute atomic E-state index is 0.130. The highest BCUT2D eigenvalue weighted by atomic mass is 19.1. The summed E-state index contributed by atoms with van der Waals surface area (Å²) in [4.78, 5) is 24.0. The zero-order valence-electron chi connectivity index (χ0n) is 18.9. The topological polar surface area (TPSA) is 107 Å². The number of anilines is 1. The molecule has 2 N–H and O–H groups in total. The molecule has 10 heteroatoms. The van der Waals surface area contributed by atoms with Crippen molar-refractivity contribution in [2.45, 2.75) is 13.0 Å². The van der Waals surface area contributed by atoms with Gasteiger partial charge in [0.05, 0.1) is 17.5 Å². The number of pyridine rings is 2. The Hall–Kier alpha value is -4.60. The van der Waals surface area contributed by atoms with E-state index in [0.29, 0.717) is 24.2 Å². The van der Waals surface area contributed by atoms with Crippen LogP contribution < -0.4 is 5.73 Å². The normalized spacial score (nSPS) is 13.4. The van der Waals surface area contributed by atoms with E-state index in [4.69, 9.17) is 5.73 Å². The van der Waals surface area contributed by atoms with Gasteiger partial charge in [0.2, 0.25) is 5.95 Å². The second kappa shape index (κ2) is 8.01. The molecule has 1 aliphatic heterocycles. The molecule has 5 heterocycles. The fraction of sp³-hybridized carbons (Fsp3) is 0.160. The fourth-order valence-electron chi connectivity index (χ4n) is 4.52. The van der Waals surface area contributed by atoms with Gasteiger partial charge >= 0.3 is 0 Å². The summed E-state index contributed by atoms with van der Waals surface area (Å²) in [6, 6.07) is 10.2. The summed E-state index contributed by atoms with van der Waals surface area (Å²) in [5.41, 5.74) is 11.7. The second-order valence-corrected chi connectivity index (χ2v) is 8.59. The van der Waals surface area contributed by atoms with Crippen molar-refractivity contribution in [3.8, 4) is 22.3 Å². The Morgan fingerprint density at radius 2 is 1.94 bits per heavy atom. The molecule has 0 fully saturated rings. The molecule has 6 rings (SSSR count). The maximum absolute atomic E-state index is 14.2. The quantitative estimate of drug-likeness (QED) is 0.434. The number of nitrogens with zero attached hydrogens (tertiary/aromatic N) is 7. The molecule has 1 aliphatic rings. The molecule has 174 valence electrons. The van der Waals surface area contributed by atoms with Crippen molar-refractivity contribution in [2.24, 2.45) is 7.05 Å². The van der Waals surface area contributed by atoms with Crippen molar-refractivity contribution in [3.63, 3.8) is 0 Å². The Kier molecular flexibility index (Phi) is 4.80. The van der Waals surface area contributed by atoms with Crippen molar-refractivity contribution in [3.05, 3.63) is 83.8 Å². The number of fused-ring (bicyclic) bond motifs is 2. The van der Waals surface area contributed by atoms with Gasteiger partial charge in [0.15, 0.2) is 5.65 Å². The van der Waals surface area contributed by atoms with Crippen molar-refractivity contribution in [1.82, 2.24) is 34.3 Å². The number of rotatable bonds is 4. The van der Waals surface area contributed by atoms with Crippen molar-refractivity contribution in [1.29, 1.82) is 0 Å². The van der Waals surface area contributed by atoms with E-state index in [1.807, 2.05) is 31.4 Å². The number of carbonyl (C=O) groups excluding carboxylic acids is 1. The maximum Gasteiger partial charge on any atom is 0.256 e. The molecular weight excluding hydrogens is 447 g/mol. The Balaban J connectivity index is 1.32. The van der Waals surface area contributed by atoms with Gasteiger partial charge in [0.1, 0.15) is 5.82 Å². The highest BCUT2D eigenvalue weighted by Crippen LogP contribution is 2.29. The Morgan fingerprint density at radius 3 is 2.77 bits per heavy atom. The Bertz CT molecular complexity index is 1600. The van der Waals surface area contributed by atoms with E-state index >= 15 is 0 Å². The lowest BCUT2D eigenvalue weighted by Gasteiger charge is -2.29. The third kappa shape index (κ3) is 3.78. The van der Waals surface area contributed by atoms with E-state index in [-0.39, 0.29) is 24.2 Å². The third-order valence-electron chi connectivity index (χ3n) is 6.24. The van der Waals surface area contributed by atoms with E-state index in [0.717, 1.165) is 33.5 Å². The fourth-order valence-corrected chi connectivity index (χ4v) is 4.52. The lowest BCUT2D eigenvalue weighted by Crippen LogP contribution is -2.37. The third-order valence-corrected chi connectivity index (χ3v) is 6.24. The van der Waals surface area contributed by atoms with Gasteiger partial charge in [-0.15, -0.1) is 5.10 Å². The highest BCUT2D eigenvalue weighted by molar-refractivity contribution is 5.97. The number of aryl methyl sites for hydroxylation is 1. The molecule has 5 aromatic rings. The molecule has 0 radical (unpaired) electrons. The second-order valence-electron chi connectivity index (χ2n) is 8.59. The van der Waals surface area contributed by atoms with E-state index in [1.165, 1.54) is 12.1 Å². The smallest absolute Gasteiger partial charge is 0.256 e. The minimum Gasteiger partial charge on any atom is -0.366 e. The number of nitrogen functional groups attached to an aromatic ring is 1. The van der Waals surface area contributed by atoms with E-state index < -0.39 is 0 Å². The van der Waals surface area contributed by atoms with Crippen LogP contribution in [0, 0.1) is 5.82 Å². The number of hydrogen-bond acceptors (Lipinski definition) is 6. The van der Waals surface area contributed by atoms with Crippen LogP contribution in [0.5, 0.6) is 0 Å². The SMILES string of the molecule is Cn1cc(-c2ccc(F)cc2CN2CCc3ncc(-c4ccn5nc(N)nc5c4)cc3C2=O)cn1. The lowest BCUT2D eigenvalue weighted by molar-refractivity contribution is 0.0725. The van der Waals surface area contributed by atoms with Gasteiger partial charge < -0.3 is 10.6 Å². The number of aromatic nitrogens is 6. The molecule has 1 amide bonds. The summed E-state index contributed by atoms with van der Waals surface area (Å²) in [7, 11) is 1.83. The van der Waals surface area contributed by atoms with Gasteiger partial charge in [-0.2, -0.15) is 10.1 Å². The number of hydrogen-bond donors (Lipinski definition) is 1. The molecule has 1 aromatic carbocycles. The van der Waals surface area contributed by atoms with Gasteiger partial charge in [0, 0.05) is 56.3 Å². The number of carbonyl (C=O) groups is 1. The first kappa shape index (κ1) is 21.0. The van der Waals surface area contributed by atoms with Gasteiger partial charge in [-0.1, -0.05) is 6.07 Å². The van der Waals surface area contributed by atoms with Crippen LogP contribution >= 0.6 is 0 Å². The highest BCUT2D eigenvalue weighted by Gasteiger charge is 2.27. The zero-order valence-corrected chi connectivity index (χ0v) is 18.9. The van der Waals surface area contributed by atoms with Crippen LogP contribution in [0.4, 0.5) is 10.3 Å². The molecule has 0 unspecified atom stereocenters. The first-order chi connectivity index (χ1) is 16.9. The van der Waals surface area contributed by atoms with Crippen molar-refractivity contribution >= 4 is 17.5 Å². The minimum atomic E-state index is -0.342. The average molecular weight is 468 g/mol. The number of nitrogens with two attached hydrogens (primary N) is 1. The van der Waals surface area contributed by atoms with Crippen LogP contribution in [0.1, 0.15) is 21.6 Å². The maximum atomic E-state index is 14.2. The van der Waals surface area contributed by atoms with Gasteiger partial charge in [-0.25, -0.2) is 8.91 Å². The molecule has 0 aliphatic carbocycles. The predicted octanol–water partition coefficient (Wildman–Crippen LogP) is 3.11. The largest absolute Gasteiger partial charge is 0.366 e. The Labute approximate surface area is 199 Å². The standard InChI is InChI=1S/C25H21FN8O/c1-32-13-18(12-29-32)20-3-2-19(26)8-17(20)14-33-6-5-22-21(24(33)35)9-16(11-28-22)15-4-7-34-23(10-15)30-25(27)31-34/h2-4,7-13H,5-6,14H2,1H3,(H2,27,31). The molecule has 0 saturated carbocycles.